The van der Waals surface area contributed by atoms with Crippen molar-refractivity contribution in [3.8, 4) is 11.3 Å². The molecule has 0 saturated carbocycles. The lowest BCUT2D eigenvalue weighted by Crippen LogP contribution is -2.26. The van der Waals surface area contributed by atoms with Crippen molar-refractivity contribution in [3.05, 3.63) is 60.4 Å². The van der Waals surface area contributed by atoms with Crippen LogP contribution in [0.25, 0.3) is 16.9 Å². The van der Waals surface area contributed by atoms with Gasteiger partial charge in [0.15, 0.2) is 5.69 Å². The van der Waals surface area contributed by atoms with Gasteiger partial charge in [-0.25, -0.2) is 14.4 Å². The third-order valence-corrected chi connectivity index (χ3v) is 3.67. The van der Waals surface area contributed by atoms with Gasteiger partial charge in [-0.05, 0) is 23.8 Å². The number of imidazole rings is 1. The van der Waals surface area contributed by atoms with Gasteiger partial charge in [-0.3, -0.25) is 4.99 Å². The molecule has 0 bridgehead atoms. The molecule has 0 fully saturated rings. The fourth-order valence-electron chi connectivity index (χ4n) is 2.41. The molecule has 0 aliphatic carbocycles. The smallest absolute Gasteiger partial charge is 0.286 e. The van der Waals surface area contributed by atoms with Crippen LogP contribution in [0.5, 0.6) is 0 Å². The van der Waals surface area contributed by atoms with Crippen LogP contribution in [0, 0.1) is 0 Å². The molecule has 0 aliphatic heterocycles. The third-order valence-electron chi connectivity index (χ3n) is 3.67. The van der Waals surface area contributed by atoms with Crippen molar-refractivity contribution >= 4 is 17.8 Å². The summed E-state index contributed by atoms with van der Waals surface area (Å²) in [6.45, 7) is 0. The Kier molecular flexibility index (Phi) is 4.05. The number of fused-ring (bicyclic) bond motifs is 1. The number of hydrogen-bond donors (Lipinski definition) is 2. The monoisotopic (exact) mass is 307 g/mol. The molecule has 6 heteroatoms. The normalized spacial score (nSPS) is 12.2. The average molecular weight is 307 g/mol. The standard InChI is InChI=1S/C17H19N6/c1-19-17(18)21-20-11-13-6-8-14(9-7-13)15-12-23-10-4-3-5-16(23)22(15)2/h3-12H,1-2H3,(H3,18,19,21)/q+1/b20-11-. The minimum atomic E-state index is 0.283. The summed E-state index contributed by atoms with van der Waals surface area (Å²) in [6, 6.07) is 14.3. The summed E-state index contributed by atoms with van der Waals surface area (Å²) in [4.78, 5) is 3.77. The highest BCUT2D eigenvalue weighted by Gasteiger charge is 2.14. The second-order valence-corrected chi connectivity index (χ2v) is 5.14. The summed E-state index contributed by atoms with van der Waals surface area (Å²) in [5, 5.41) is 4.03. The zero-order chi connectivity index (χ0) is 16.2. The van der Waals surface area contributed by atoms with Crippen molar-refractivity contribution < 1.29 is 4.40 Å². The van der Waals surface area contributed by atoms with Crippen LogP contribution in [-0.4, -0.2) is 23.8 Å². The zero-order valence-electron chi connectivity index (χ0n) is 13.1. The van der Waals surface area contributed by atoms with Gasteiger partial charge in [0.2, 0.25) is 5.96 Å². The highest BCUT2D eigenvalue weighted by Crippen LogP contribution is 2.19. The highest BCUT2D eigenvalue weighted by molar-refractivity contribution is 5.83. The van der Waals surface area contributed by atoms with Crippen LogP contribution < -0.4 is 15.6 Å². The van der Waals surface area contributed by atoms with Gasteiger partial charge in [0.1, 0.15) is 6.20 Å². The number of hydrazone groups is 1. The first-order chi connectivity index (χ1) is 11.2. The maximum Gasteiger partial charge on any atom is 0.286 e. The second kappa shape index (κ2) is 6.31. The van der Waals surface area contributed by atoms with E-state index < -0.39 is 0 Å². The van der Waals surface area contributed by atoms with Crippen LogP contribution in [-0.2, 0) is 7.05 Å². The molecule has 23 heavy (non-hydrogen) atoms. The summed E-state index contributed by atoms with van der Waals surface area (Å²) in [7, 11) is 3.67. The zero-order valence-corrected chi connectivity index (χ0v) is 13.1. The summed E-state index contributed by atoms with van der Waals surface area (Å²) in [5.41, 5.74) is 12.6. The number of hydrogen-bond acceptors (Lipinski definition) is 2. The van der Waals surface area contributed by atoms with Gasteiger partial charge >= 0.3 is 0 Å². The summed E-state index contributed by atoms with van der Waals surface area (Å²) >= 11 is 0. The number of benzene rings is 1. The number of rotatable bonds is 3. The summed E-state index contributed by atoms with van der Waals surface area (Å²) < 4.78 is 4.28. The summed E-state index contributed by atoms with van der Waals surface area (Å²) in [6.07, 6.45) is 5.88. The molecule has 0 saturated heterocycles. The van der Waals surface area contributed by atoms with Gasteiger partial charge in [0, 0.05) is 18.7 Å². The van der Waals surface area contributed by atoms with Crippen molar-refractivity contribution in [2.45, 2.75) is 0 Å². The predicted octanol–water partition coefficient (Wildman–Crippen LogP) is 1.30. The Hall–Kier alpha value is -3.15. The van der Waals surface area contributed by atoms with E-state index in [4.69, 9.17) is 5.73 Å². The molecule has 0 spiro atoms. The predicted molar refractivity (Wildman–Crippen MR) is 92.3 cm³/mol. The fraction of sp³-hybridized carbons (Fsp3) is 0.118. The van der Waals surface area contributed by atoms with E-state index in [0.717, 1.165) is 22.5 Å². The van der Waals surface area contributed by atoms with E-state index in [0.29, 0.717) is 0 Å². The molecule has 2 heterocycles. The molecule has 0 amide bonds. The molecule has 116 valence electrons. The van der Waals surface area contributed by atoms with Crippen molar-refractivity contribution in [3.63, 3.8) is 0 Å². The molecule has 2 aromatic heterocycles. The topological polar surface area (TPSA) is 71.8 Å². The number of aryl methyl sites for hydroxylation is 1. The van der Waals surface area contributed by atoms with E-state index in [1.54, 1.807) is 13.3 Å². The first-order valence-electron chi connectivity index (χ1n) is 7.26. The number of pyridine rings is 1. The van der Waals surface area contributed by atoms with Gasteiger partial charge in [-0.1, -0.05) is 18.2 Å². The minimum absolute atomic E-state index is 0.283. The Morgan fingerprint density at radius 1 is 1.22 bits per heavy atom. The Bertz CT molecular complexity index is 874. The van der Waals surface area contributed by atoms with Gasteiger partial charge in [-0.15, -0.1) is 0 Å². The lowest BCUT2D eigenvalue weighted by atomic mass is 10.1. The van der Waals surface area contributed by atoms with E-state index in [-0.39, 0.29) is 5.96 Å². The van der Waals surface area contributed by atoms with Gasteiger partial charge in [0.05, 0.1) is 19.5 Å². The van der Waals surface area contributed by atoms with Crippen molar-refractivity contribution in [2.24, 2.45) is 22.9 Å². The molecule has 3 aromatic rings. The second-order valence-electron chi connectivity index (χ2n) is 5.14. The van der Waals surface area contributed by atoms with Crippen molar-refractivity contribution in [1.82, 2.24) is 9.99 Å². The van der Waals surface area contributed by atoms with Crippen LogP contribution in [0.3, 0.4) is 0 Å². The number of aliphatic imine (C=N–C) groups is 1. The van der Waals surface area contributed by atoms with Gasteiger partial charge < -0.3 is 5.73 Å². The maximum absolute atomic E-state index is 5.51. The van der Waals surface area contributed by atoms with Crippen molar-refractivity contribution in [2.75, 3.05) is 7.05 Å². The maximum atomic E-state index is 5.51. The molecule has 6 nitrogen and oxygen atoms in total. The lowest BCUT2D eigenvalue weighted by molar-refractivity contribution is -0.510. The highest BCUT2D eigenvalue weighted by atomic mass is 15.3. The lowest BCUT2D eigenvalue weighted by Gasteiger charge is -1.99. The van der Waals surface area contributed by atoms with Crippen LogP contribution in [0.2, 0.25) is 0 Å². The van der Waals surface area contributed by atoms with Gasteiger partial charge in [-0.2, -0.15) is 5.10 Å². The van der Waals surface area contributed by atoms with E-state index in [2.05, 4.69) is 55.9 Å². The largest absolute Gasteiger partial charge is 0.369 e. The Labute approximate surface area is 134 Å². The summed E-state index contributed by atoms with van der Waals surface area (Å²) in [5.74, 6) is 0.283. The molecule has 3 rings (SSSR count). The Balaban J connectivity index is 1.85. The number of nitrogens with zero attached hydrogens (tertiary/aromatic N) is 4. The Morgan fingerprint density at radius 2 is 2.00 bits per heavy atom. The van der Waals surface area contributed by atoms with E-state index >= 15 is 0 Å². The molecule has 0 atom stereocenters. The van der Waals surface area contributed by atoms with Gasteiger partial charge in [0.25, 0.3) is 5.65 Å². The van der Waals surface area contributed by atoms with Crippen molar-refractivity contribution in [1.29, 1.82) is 0 Å². The Morgan fingerprint density at radius 3 is 2.70 bits per heavy atom. The average Bonchev–Trinajstić information content (AvgIpc) is 2.93. The minimum Gasteiger partial charge on any atom is -0.369 e. The number of aromatic nitrogens is 2. The molecule has 0 unspecified atom stereocenters. The van der Waals surface area contributed by atoms with Crippen LogP contribution in [0.15, 0.2) is 65.0 Å². The molecular formula is C17H19N6+. The molecule has 0 radical (unpaired) electrons. The number of guanidine groups is 1. The molecular weight excluding hydrogens is 288 g/mol. The third kappa shape index (κ3) is 3.06. The first-order valence-corrected chi connectivity index (χ1v) is 7.26. The number of nitrogens with one attached hydrogen (secondary N) is 1. The van der Waals surface area contributed by atoms with Crippen LogP contribution in [0.4, 0.5) is 0 Å². The molecule has 3 N–H and O–H groups in total. The van der Waals surface area contributed by atoms with E-state index in [9.17, 15) is 0 Å². The number of nitrogens with two attached hydrogens (primary N) is 1. The van der Waals surface area contributed by atoms with Crippen LogP contribution >= 0.6 is 0 Å². The molecule has 0 aliphatic rings. The van der Waals surface area contributed by atoms with E-state index in [1.165, 1.54) is 0 Å². The SMILES string of the molecule is CN=C(N)N/N=C\c1ccc(-c2c[n+]3ccccc3n2C)cc1. The van der Waals surface area contributed by atoms with Crippen LogP contribution in [0.1, 0.15) is 5.56 Å². The molecule has 1 aromatic carbocycles. The fourth-order valence-corrected chi connectivity index (χ4v) is 2.41. The quantitative estimate of drug-likeness (QED) is 0.331. The first kappa shape index (κ1) is 14.8. The van der Waals surface area contributed by atoms with E-state index in [1.807, 2.05) is 30.5 Å².